The predicted octanol–water partition coefficient (Wildman–Crippen LogP) is 3.28. The lowest BCUT2D eigenvalue weighted by atomic mass is 9.95. The minimum Gasteiger partial charge on any atom is -0.394 e. The second kappa shape index (κ2) is 8.08. The topological polar surface area (TPSA) is 97.3 Å². The number of thiazole rings is 1. The first-order valence-electron chi connectivity index (χ1n) is 9.85. The van der Waals surface area contributed by atoms with Crippen molar-refractivity contribution in [3.63, 3.8) is 0 Å². The summed E-state index contributed by atoms with van der Waals surface area (Å²) in [6.07, 6.45) is 4.56. The van der Waals surface area contributed by atoms with Crippen molar-refractivity contribution in [2.24, 2.45) is 0 Å². The van der Waals surface area contributed by atoms with Crippen LogP contribution in [0.1, 0.15) is 57.1 Å². The summed E-state index contributed by atoms with van der Waals surface area (Å²) in [6.45, 7) is 6.68. The lowest BCUT2D eigenvalue weighted by Gasteiger charge is -2.36. The first kappa shape index (κ1) is 19.8. The van der Waals surface area contributed by atoms with Crippen molar-refractivity contribution in [2.45, 2.75) is 52.6 Å². The van der Waals surface area contributed by atoms with Gasteiger partial charge in [-0.3, -0.25) is 9.48 Å². The number of nitrogens with zero attached hydrogens (tertiary/aromatic N) is 5. The van der Waals surface area contributed by atoms with Crippen LogP contribution in [0.2, 0.25) is 0 Å². The molecule has 4 heterocycles. The molecule has 29 heavy (non-hydrogen) atoms. The minimum absolute atomic E-state index is 0.00856. The summed E-state index contributed by atoms with van der Waals surface area (Å²) in [7, 11) is 0. The maximum atomic E-state index is 13.4. The Bertz CT molecular complexity index is 1020. The van der Waals surface area contributed by atoms with Gasteiger partial charge in [-0.05, 0) is 40.0 Å². The molecule has 3 aromatic rings. The third-order valence-electron chi connectivity index (χ3n) is 5.26. The van der Waals surface area contributed by atoms with Gasteiger partial charge in [-0.2, -0.15) is 5.10 Å². The quantitative estimate of drug-likeness (QED) is 0.687. The fourth-order valence-corrected chi connectivity index (χ4v) is 4.89. The Hall–Kier alpha value is -2.52. The first-order valence-corrected chi connectivity index (χ1v) is 10.7. The molecule has 1 amide bonds. The van der Waals surface area contributed by atoms with E-state index in [2.05, 4.69) is 15.2 Å². The molecule has 1 N–H and O–H groups in total. The molecule has 1 aliphatic rings. The molecule has 0 spiro atoms. The monoisotopic (exact) mass is 415 g/mol. The molecule has 1 saturated heterocycles. The third kappa shape index (κ3) is 3.72. The normalized spacial score (nSPS) is 17.1. The van der Waals surface area contributed by atoms with E-state index in [0.29, 0.717) is 23.7 Å². The maximum absolute atomic E-state index is 13.4. The summed E-state index contributed by atoms with van der Waals surface area (Å²) in [5.41, 5.74) is 3.27. The Kier molecular flexibility index (Phi) is 5.51. The van der Waals surface area contributed by atoms with Crippen molar-refractivity contribution in [1.29, 1.82) is 0 Å². The van der Waals surface area contributed by atoms with Crippen LogP contribution in [0, 0.1) is 20.8 Å². The van der Waals surface area contributed by atoms with E-state index in [1.165, 1.54) is 11.3 Å². The fourth-order valence-electron chi connectivity index (χ4n) is 4.02. The van der Waals surface area contributed by atoms with Crippen LogP contribution in [0.15, 0.2) is 16.8 Å². The molecule has 0 bridgehead atoms. The van der Waals surface area contributed by atoms with Crippen LogP contribution < -0.4 is 0 Å². The Morgan fingerprint density at radius 3 is 2.83 bits per heavy atom. The molecular formula is C20H25N5O3S. The van der Waals surface area contributed by atoms with Crippen molar-refractivity contribution in [1.82, 2.24) is 24.8 Å². The van der Waals surface area contributed by atoms with Gasteiger partial charge in [0.2, 0.25) is 0 Å². The molecule has 154 valence electrons. The lowest BCUT2D eigenvalue weighted by molar-refractivity contribution is 0.0603. The summed E-state index contributed by atoms with van der Waals surface area (Å²) in [4.78, 5) is 20.5. The van der Waals surface area contributed by atoms with E-state index in [9.17, 15) is 9.90 Å². The largest absolute Gasteiger partial charge is 0.394 e. The number of hydrogen-bond donors (Lipinski definition) is 1. The van der Waals surface area contributed by atoms with Crippen molar-refractivity contribution in [2.75, 3.05) is 13.2 Å². The van der Waals surface area contributed by atoms with Gasteiger partial charge >= 0.3 is 0 Å². The zero-order valence-corrected chi connectivity index (χ0v) is 17.7. The lowest BCUT2D eigenvalue weighted by Crippen LogP contribution is -2.39. The third-order valence-corrected chi connectivity index (χ3v) is 6.32. The predicted molar refractivity (Wildman–Crippen MR) is 109 cm³/mol. The van der Waals surface area contributed by atoms with Crippen LogP contribution >= 0.6 is 11.3 Å². The summed E-state index contributed by atoms with van der Waals surface area (Å²) in [6, 6.07) is 1.72. The Balaban J connectivity index is 1.77. The van der Waals surface area contributed by atoms with Crippen LogP contribution in [0.4, 0.5) is 0 Å². The van der Waals surface area contributed by atoms with E-state index < -0.39 is 0 Å². The van der Waals surface area contributed by atoms with Gasteiger partial charge in [-0.1, -0.05) is 5.16 Å². The van der Waals surface area contributed by atoms with Gasteiger partial charge in [-0.25, -0.2) is 4.98 Å². The van der Waals surface area contributed by atoms with Gasteiger partial charge in [0, 0.05) is 12.6 Å². The molecular weight excluding hydrogens is 390 g/mol. The van der Waals surface area contributed by atoms with E-state index in [4.69, 9.17) is 4.52 Å². The number of piperidine rings is 1. The standard InChI is InChI=1S/C20H25N5O3S/c1-12-10-17(28-23-12)15-11-21-25(8-9-26)18(15)16-6-4-5-7-24(16)20(27)19-13(2)22-14(3)29-19/h10-11,16,26H,4-9H2,1-3H3. The summed E-state index contributed by atoms with van der Waals surface area (Å²) >= 11 is 1.44. The van der Waals surface area contributed by atoms with E-state index in [1.807, 2.05) is 31.7 Å². The molecule has 8 nitrogen and oxygen atoms in total. The number of carbonyl (C=O) groups excluding carboxylic acids is 1. The number of aryl methyl sites for hydroxylation is 3. The van der Waals surface area contributed by atoms with Gasteiger partial charge in [0.15, 0.2) is 5.76 Å². The van der Waals surface area contributed by atoms with Crippen LogP contribution in [-0.4, -0.2) is 49.0 Å². The molecule has 9 heteroatoms. The van der Waals surface area contributed by atoms with Crippen LogP contribution in [-0.2, 0) is 6.54 Å². The maximum Gasteiger partial charge on any atom is 0.266 e. The van der Waals surface area contributed by atoms with E-state index in [1.54, 1.807) is 10.9 Å². The first-order chi connectivity index (χ1) is 14.0. The number of rotatable bonds is 5. The highest BCUT2D eigenvalue weighted by atomic mass is 32.1. The highest BCUT2D eigenvalue weighted by molar-refractivity contribution is 7.13. The molecule has 0 radical (unpaired) electrons. The van der Waals surface area contributed by atoms with Crippen molar-refractivity contribution in [3.8, 4) is 11.3 Å². The van der Waals surface area contributed by atoms with Crippen molar-refractivity contribution < 1.29 is 14.4 Å². The Labute approximate surface area is 173 Å². The smallest absolute Gasteiger partial charge is 0.266 e. The van der Waals surface area contributed by atoms with Crippen LogP contribution in [0.3, 0.4) is 0 Å². The average molecular weight is 416 g/mol. The number of aliphatic hydroxyl groups is 1. The van der Waals surface area contributed by atoms with Crippen LogP contribution in [0.25, 0.3) is 11.3 Å². The van der Waals surface area contributed by atoms with E-state index >= 15 is 0 Å². The Morgan fingerprint density at radius 2 is 2.17 bits per heavy atom. The molecule has 1 fully saturated rings. The number of hydrogen-bond acceptors (Lipinski definition) is 7. The van der Waals surface area contributed by atoms with Gasteiger partial charge in [-0.15, -0.1) is 11.3 Å². The molecule has 1 atom stereocenters. The van der Waals surface area contributed by atoms with Crippen molar-refractivity contribution in [3.05, 3.63) is 39.2 Å². The molecule has 1 unspecified atom stereocenters. The Morgan fingerprint density at radius 1 is 1.34 bits per heavy atom. The number of carbonyl (C=O) groups is 1. The van der Waals surface area contributed by atoms with Gasteiger partial charge in [0.25, 0.3) is 5.91 Å². The molecule has 1 aliphatic heterocycles. The molecule has 0 aromatic carbocycles. The number of aromatic nitrogens is 4. The van der Waals surface area contributed by atoms with Crippen molar-refractivity contribution >= 4 is 17.2 Å². The molecule has 0 saturated carbocycles. The van der Waals surface area contributed by atoms with E-state index in [-0.39, 0.29) is 18.6 Å². The van der Waals surface area contributed by atoms with Crippen LogP contribution in [0.5, 0.6) is 0 Å². The highest BCUT2D eigenvalue weighted by Gasteiger charge is 2.35. The van der Waals surface area contributed by atoms with Gasteiger partial charge in [0.1, 0.15) is 4.88 Å². The molecule has 0 aliphatic carbocycles. The zero-order valence-electron chi connectivity index (χ0n) is 16.9. The van der Waals surface area contributed by atoms with Gasteiger partial charge < -0.3 is 14.5 Å². The minimum atomic E-state index is -0.146. The summed E-state index contributed by atoms with van der Waals surface area (Å²) in [5, 5.41) is 18.9. The average Bonchev–Trinajstić information content (AvgIpc) is 3.40. The number of aliphatic hydroxyl groups excluding tert-OH is 1. The molecule has 4 rings (SSSR count). The second-order valence-corrected chi connectivity index (χ2v) is 8.58. The second-order valence-electron chi connectivity index (χ2n) is 7.38. The summed E-state index contributed by atoms with van der Waals surface area (Å²) < 4.78 is 7.28. The molecule has 3 aromatic heterocycles. The zero-order chi connectivity index (χ0) is 20.5. The van der Waals surface area contributed by atoms with E-state index in [0.717, 1.165) is 46.9 Å². The number of likely N-dealkylation sites (tertiary alicyclic amines) is 1. The highest BCUT2D eigenvalue weighted by Crippen LogP contribution is 2.38. The van der Waals surface area contributed by atoms with Gasteiger partial charge in [0.05, 0.1) is 53.0 Å². The SMILES string of the molecule is Cc1cc(-c2cnn(CCO)c2C2CCCCN2C(=O)c2sc(C)nc2C)on1. The summed E-state index contributed by atoms with van der Waals surface area (Å²) in [5.74, 6) is 0.638. The fraction of sp³-hybridized carbons (Fsp3) is 0.500. The number of amides is 1.